The number of anilines is 2. The molecular formula is C21H18FN3O2S. The smallest absolute Gasteiger partial charge is 0.230 e. The van der Waals surface area contributed by atoms with Crippen LogP contribution in [0.2, 0.25) is 0 Å². The van der Waals surface area contributed by atoms with Crippen LogP contribution >= 0.6 is 11.3 Å². The predicted octanol–water partition coefficient (Wildman–Crippen LogP) is 4.04. The lowest BCUT2D eigenvalue weighted by molar-refractivity contribution is -0.117. The number of carbonyl (C=O) groups excluding carboxylic acids is 2. The quantitative estimate of drug-likeness (QED) is 0.725. The average Bonchev–Trinajstić information content (AvgIpc) is 3.28. The molecular weight excluding hydrogens is 377 g/mol. The number of rotatable bonds is 4. The highest BCUT2D eigenvalue weighted by molar-refractivity contribution is 7.13. The maximum Gasteiger partial charge on any atom is 0.230 e. The van der Waals surface area contributed by atoms with E-state index in [1.54, 1.807) is 30.0 Å². The van der Waals surface area contributed by atoms with Crippen molar-refractivity contribution in [3.8, 4) is 10.6 Å². The second kappa shape index (κ2) is 7.52. The third kappa shape index (κ3) is 3.80. The minimum Gasteiger partial charge on any atom is -0.326 e. The Morgan fingerprint density at radius 2 is 2.11 bits per heavy atom. The molecule has 1 N–H and O–H groups in total. The van der Waals surface area contributed by atoms with E-state index in [0.29, 0.717) is 28.5 Å². The van der Waals surface area contributed by atoms with Gasteiger partial charge in [0.2, 0.25) is 11.8 Å². The fraction of sp³-hybridized carbons (Fsp3) is 0.190. The Labute approximate surface area is 165 Å². The van der Waals surface area contributed by atoms with Crippen molar-refractivity contribution in [1.29, 1.82) is 0 Å². The minimum atomic E-state index is -0.313. The fourth-order valence-corrected chi connectivity index (χ4v) is 4.14. The van der Waals surface area contributed by atoms with Gasteiger partial charge >= 0.3 is 0 Å². The Morgan fingerprint density at radius 1 is 1.25 bits per heavy atom. The van der Waals surface area contributed by atoms with Gasteiger partial charge in [-0.25, -0.2) is 9.37 Å². The van der Waals surface area contributed by atoms with Crippen molar-refractivity contribution in [1.82, 2.24) is 4.98 Å². The third-order valence-electron chi connectivity index (χ3n) is 4.60. The molecule has 0 aliphatic carbocycles. The molecule has 1 aliphatic heterocycles. The molecule has 0 saturated heterocycles. The molecule has 2 aromatic carbocycles. The van der Waals surface area contributed by atoms with Crippen LogP contribution in [0.15, 0.2) is 47.8 Å². The van der Waals surface area contributed by atoms with E-state index in [-0.39, 0.29) is 24.1 Å². The molecule has 0 unspecified atom stereocenters. The van der Waals surface area contributed by atoms with E-state index in [2.05, 4.69) is 10.3 Å². The van der Waals surface area contributed by atoms with E-state index in [4.69, 9.17) is 0 Å². The Bertz CT molecular complexity index is 1060. The van der Waals surface area contributed by atoms with Gasteiger partial charge in [-0.2, -0.15) is 0 Å². The van der Waals surface area contributed by atoms with E-state index in [9.17, 15) is 14.0 Å². The van der Waals surface area contributed by atoms with Crippen LogP contribution in [-0.2, 0) is 22.4 Å². The van der Waals surface area contributed by atoms with Crippen molar-refractivity contribution in [2.75, 3.05) is 16.8 Å². The highest BCUT2D eigenvalue weighted by Gasteiger charge is 2.22. The first-order chi connectivity index (χ1) is 13.5. The molecule has 1 aromatic heterocycles. The van der Waals surface area contributed by atoms with Gasteiger partial charge in [-0.05, 0) is 42.3 Å². The third-order valence-corrected chi connectivity index (χ3v) is 5.54. The van der Waals surface area contributed by atoms with E-state index < -0.39 is 0 Å². The van der Waals surface area contributed by atoms with Gasteiger partial charge in [-0.15, -0.1) is 11.3 Å². The Morgan fingerprint density at radius 3 is 2.89 bits per heavy atom. The Balaban J connectivity index is 1.42. The predicted molar refractivity (Wildman–Crippen MR) is 108 cm³/mol. The molecule has 2 heterocycles. The SMILES string of the molecule is CC(=O)N1CCc2cc(NC(=O)Cc3csc(-c4cccc(F)c4)n3)ccc21. The van der Waals surface area contributed by atoms with Crippen LogP contribution in [0.5, 0.6) is 0 Å². The van der Waals surface area contributed by atoms with Crippen molar-refractivity contribution < 1.29 is 14.0 Å². The number of carbonyl (C=O) groups is 2. The first-order valence-corrected chi connectivity index (χ1v) is 9.79. The van der Waals surface area contributed by atoms with E-state index in [0.717, 1.165) is 17.7 Å². The molecule has 0 bridgehead atoms. The van der Waals surface area contributed by atoms with Crippen molar-refractivity contribution in [3.63, 3.8) is 0 Å². The van der Waals surface area contributed by atoms with Crippen molar-refractivity contribution in [3.05, 3.63) is 64.9 Å². The summed E-state index contributed by atoms with van der Waals surface area (Å²) in [5.74, 6) is -0.461. The number of hydrogen-bond acceptors (Lipinski definition) is 4. The van der Waals surface area contributed by atoms with Crippen LogP contribution in [0.25, 0.3) is 10.6 Å². The number of fused-ring (bicyclic) bond motifs is 1. The summed E-state index contributed by atoms with van der Waals surface area (Å²) in [6.45, 7) is 2.22. The summed E-state index contributed by atoms with van der Waals surface area (Å²) in [5.41, 5.74) is 4.01. The molecule has 28 heavy (non-hydrogen) atoms. The molecule has 5 nitrogen and oxygen atoms in total. The topological polar surface area (TPSA) is 62.3 Å². The summed E-state index contributed by atoms with van der Waals surface area (Å²) in [6, 6.07) is 11.8. The molecule has 1 aliphatic rings. The van der Waals surface area contributed by atoms with Gasteiger partial charge in [0, 0.05) is 35.8 Å². The standard InChI is InChI=1S/C21H18FN3O2S/c1-13(26)25-8-7-14-10-17(5-6-19(14)25)23-20(27)11-18-12-28-21(24-18)15-3-2-4-16(22)9-15/h2-6,9-10,12H,7-8,11H2,1H3,(H,23,27). The molecule has 0 radical (unpaired) electrons. The van der Waals surface area contributed by atoms with Gasteiger partial charge in [-0.3, -0.25) is 9.59 Å². The van der Waals surface area contributed by atoms with Crippen molar-refractivity contribution in [2.24, 2.45) is 0 Å². The zero-order valence-electron chi connectivity index (χ0n) is 15.2. The molecule has 7 heteroatoms. The number of hydrogen-bond donors (Lipinski definition) is 1. The maximum atomic E-state index is 13.4. The maximum absolute atomic E-state index is 13.4. The zero-order valence-corrected chi connectivity index (χ0v) is 16.1. The lowest BCUT2D eigenvalue weighted by Crippen LogP contribution is -2.25. The van der Waals surface area contributed by atoms with Gasteiger partial charge in [-0.1, -0.05) is 12.1 Å². The first kappa shape index (κ1) is 18.3. The number of amides is 2. The summed E-state index contributed by atoms with van der Waals surface area (Å²) >= 11 is 1.38. The van der Waals surface area contributed by atoms with E-state index in [1.165, 1.54) is 23.5 Å². The van der Waals surface area contributed by atoms with Crippen LogP contribution in [0.4, 0.5) is 15.8 Å². The van der Waals surface area contributed by atoms with Crippen LogP contribution in [-0.4, -0.2) is 23.3 Å². The highest BCUT2D eigenvalue weighted by Crippen LogP contribution is 2.30. The minimum absolute atomic E-state index is 0.0215. The summed E-state index contributed by atoms with van der Waals surface area (Å²) in [4.78, 5) is 30.2. The molecule has 142 valence electrons. The van der Waals surface area contributed by atoms with Crippen LogP contribution in [0.1, 0.15) is 18.2 Å². The van der Waals surface area contributed by atoms with Crippen molar-refractivity contribution in [2.45, 2.75) is 19.8 Å². The molecule has 0 fully saturated rings. The largest absolute Gasteiger partial charge is 0.326 e. The molecule has 4 rings (SSSR count). The van der Waals surface area contributed by atoms with Crippen molar-refractivity contribution >= 4 is 34.5 Å². The second-order valence-corrected chi connectivity index (χ2v) is 7.50. The summed E-state index contributed by atoms with van der Waals surface area (Å²) in [7, 11) is 0. The molecule has 3 aromatic rings. The Hall–Kier alpha value is -3.06. The van der Waals surface area contributed by atoms with Gasteiger partial charge in [0.1, 0.15) is 10.8 Å². The van der Waals surface area contributed by atoms with E-state index in [1.807, 2.05) is 17.5 Å². The van der Waals surface area contributed by atoms with E-state index >= 15 is 0 Å². The first-order valence-electron chi connectivity index (χ1n) is 8.91. The van der Waals surface area contributed by atoms with Crippen LogP contribution in [0, 0.1) is 5.82 Å². The average molecular weight is 395 g/mol. The Kier molecular flexibility index (Phi) is 4.92. The number of nitrogens with one attached hydrogen (secondary N) is 1. The van der Waals surface area contributed by atoms with Gasteiger partial charge in [0.05, 0.1) is 12.1 Å². The van der Waals surface area contributed by atoms with Gasteiger partial charge in [0.15, 0.2) is 0 Å². The highest BCUT2D eigenvalue weighted by atomic mass is 32.1. The molecule has 0 saturated carbocycles. The van der Waals surface area contributed by atoms with Crippen LogP contribution in [0.3, 0.4) is 0 Å². The number of benzene rings is 2. The monoisotopic (exact) mass is 395 g/mol. The lowest BCUT2D eigenvalue weighted by atomic mass is 10.1. The second-order valence-electron chi connectivity index (χ2n) is 6.64. The van der Waals surface area contributed by atoms with Crippen LogP contribution < -0.4 is 10.2 Å². The lowest BCUT2D eigenvalue weighted by Gasteiger charge is -2.15. The fourth-order valence-electron chi connectivity index (χ4n) is 3.32. The number of halogens is 1. The normalized spacial score (nSPS) is 12.7. The molecule has 0 spiro atoms. The molecule has 0 atom stereocenters. The number of nitrogens with zero attached hydrogens (tertiary/aromatic N) is 2. The number of aromatic nitrogens is 1. The number of thiazole rings is 1. The summed E-state index contributed by atoms with van der Waals surface area (Å²) < 4.78 is 13.4. The zero-order chi connectivity index (χ0) is 19.7. The van der Waals surface area contributed by atoms with Gasteiger partial charge < -0.3 is 10.2 Å². The molecule has 2 amide bonds. The summed E-state index contributed by atoms with van der Waals surface area (Å²) in [5, 5.41) is 5.38. The summed E-state index contributed by atoms with van der Waals surface area (Å²) in [6.07, 6.45) is 0.921. The van der Waals surface area contributed by atoms with Gasteiger partial charge in [0.25, 0.3) is 0 Å².